The summed E-state index contributed by atoms with van der Waals surface area (Å²) >= 11 is 1.24. The van der Waals surface area contributed by atoms with E-state index in [0.29, 0.717) is 41.0 Å². The summed E-state index contributed by atoms with van der Waals surface area (Å²) in [5.41, 5.74) is 1.34. The molecule has 1 amide bonds. The standard InChI is InChI=1S/C26H35N4O7PS/c1-5-36-38(35,37-6-2)14-8-7-9-21(26(33)34)29-25(32)22-12-13-23(39-22)30(4)16-18-10-11-20-19(15-18)24(31)28-17(3)27-20/h10-13,15,21H,5-9,14,16H2,1-4H3,(H,29,32)(H,33,34)(H,27,28,31)/t21-/m0/s1. The van der Waals surface area contributed by atoms with Crippen LogP contribution in [0.5, 0.6) is 0 Å². The van der Waals surface area contributed by atoms with Gasteiger partial charge in [-0.3, -0.25) is 14.2 Å². The van der Waals surface area contributed by atoms with E-state index < -0.39 is 25.5 Å². The Hall–Kier alpha value is -3.05. The average molecular weight is 579 g/mol. The number of benzene rings is 1. The van der Waals surface area contributed by atoms with Crippen molar-refractivity contribution >= 4 is 46.7 Å². The monoisotopic (exact) mass is 578 g/mol. The molecular formula is C26H35N4O7PS. The summed E-state index contributed by atoms with van der Waals surface area (Å²) in [5.74, 6) is -1.05. The number of carboxylic acid groups (broad SMARTS) is 1. The van der Waals surface area contributed by atoms with E-state index in [9.17, 15) is 24.1 Å². The molecule has 1 aromatic carbocycles. The molecule has 0 saturated carbocycles. The molecule has 0 unspecified atom stereocenters. The number of aromatic nitrogens is 2. The molecule has 3 N–H and O–H groups in total. The van der Waals surface area contributed by atoms with Crippen LogP contribution in [0.4, 0.5) is 5.00 Å². The number of thiophene rings is 1. The van der Waals surface area contributed by atoms with Crippen LogP contribution in [-0.4, -0.2) is 59.4 Å². The molecule has 0 spiro atoms. The van der Waals surface area contributed by atoms with Gasteiger partial charge in [0.15, 0.2) is 0 Å². The van der Waals surface area contributed by atoms with Crippen LogP contribution in [0, 0.1) is 6.92 Å². The van der Waals surface area contributed by atoms with Gasteiger partial charge in [-0.15, -0.1) is 11.3 Å². The molecule has 3 aromatic rings. The number of carbonyl (C=O) groups excluding carboxylic acids is 1. The number of nitrogens with one attached hydrogen (secondary N) is 2. The van der Waals surface area contributed by atoms with Crippen LogP contribution in [0.2, 0.25) is 0 Å². The first-order valence-electron chi connectivity index (χ1n) is 12.8. The number of aryl methyl sites for hydroxylation is 1. The zero-order chi connectivity index (χ0) is 28.6. The number of anilines is 1. The Bertz CT molecular complexity index is 1400. The lowest BCUT2D eigenvalue weighted by atomic mass is 10.1. The van der Waals surface area contributed by atoms with Crippen LogP contribution >= 0.6 is 18.9 Å². The smallest absolute Gasteiger partial charge is 0.330 e. The number of fused-ring (bicyclic) bond motifs is 1. The number of amides is 1. The van der Waals surface area contributed by atoms with Crippen molar-refractivity contribution in [1.82, 2.24) is 15.3 Å². The Morgan fingerprint density at radius 3 is 2.56 bits per heavy atom. The Morgan fingerprint density at radius 1 is 1.18 bits per heavy atom. The van der Waals surface area contributed by atoms with Gasteiger partial charge in [0.25, 0.3) is 11.5 Å². The number of hydrogen-bond donors (Lipinski definition) is 3. The Morgan fingerprint density at radius 2 is 1.90 bits per heavy atom. The molecule has 0 saturated heterocycles. The molecule has 0 aliphatic carbocycles. The molecule has 11 nitrogen and oxygen atoms in total. The molecule has 0 bridgehead atoms. The molecule has 0 radical (unpaired) electrons. The first-order chi connectivity index (χ1) is 18.5. The summed E-state index contributed by atoms with van der Waals surface area (Å²) in [7, 11) is -1.31. The lowest BCUT2D eigenvalue weighted by Gasteiger charge is -2.18. The molecule has 0 fully saturated rings. The van der Waals surface area contributed by atoms with E-state index in [4.69, 9.17) is 9.05 Å². The Labute approximate surface area is 231 Å². The quantitative estimate of drug-likeness (QED) is 0.174. The molecule has 39 heavy (non-hydrogen) atoms. The van der Waals surface area contributed by atoms with Crippen molar-refractivity contribution < 1.29 is 28.3 Å². The van der Waals surface area contributed by atoms with E-state index in [1.165, 1.54) is 11.3 Å². The molecule has 2 aromatic heterocycles. The zero-order valence-electron chi connectivity index (χ0n) is 22.6. The van der Waals surface area contributed by atoms with Crippen molar-refractivity contribution in [2.75, 3.05) is 31.3 Å². The minimum Gasteiger partial charge on any atom is -0.480 e. The van der Waals surface area contributed by atoms with Crippen molar-refractivity contribution in [2.45, 2.75) is 52.6 Å². The summed E-state index contributed by atoms with van der Waals surface area (Å²) in [6.45, 7) is 6.23. The van der Waals surface area contributed by atoms with Crippen LogP contribution in [0.1, 0.15) is 54.2 Å². The van der Waals surface area contributed by atoms with E-state index in [2.05, 4.69) is 15.3 Å². The number of hydrogen-bond acceptors (Lipinski definition) is 9. The minimum atomic E-state index is -3.19. The number of aromatic amines is 1. The van der Waals surface area contributed by atoms with E-state index in [1.807, 2.05) is 24.1 Å². The number of aliphatic carboxylic acids is 1. The topological polar surface area (TPSA) is 151 Å². The van der Waals surface area contributed by atoms with Gasteiger partial charge in [0, 0.05) is 13.6 Å². The van der Waals surface area contributed by atoms with Gasteiger partial charge in [-0.1, -0.05) is 12.5 Å². The van der Waals surface area contributed by atoms with Gasteiger partial charge < -0.3 is 29.4 Å². The van der Waals surface area contributed by atoms with Crippen molar-refractivity contribution in [1.29, 1.82) is 0 Å². The van der Waals surface area contributed by atoms with Gasteiger partial charge in [0.2, 0.25) is 0 Å². The third-order valence-corrected chi connectivity index (χ3v) is 9.29. The molecule has 212 valence electrons. The molecule has 0 aliphatic rings. The van der Waals surface area contributed by atoms with Gasteiger partial charge >= 0.3 is 13.6 Å². The second-order valence-electron chi connectivity index (χ2n) is 9.03. The van der Waals surface area contributed by atoms with Gasteiger partial charge in [-0.2, -0.15) is 0 Å². The number of carbonyl (C=O) groups is 2. The highest BCUT2D eigenvalue weighted by Crippen LogP contribution is 2.48. The fourth-order valence-electron chi connectivity index (χ4n) is 4.11. The van der Waals surface area contributed by atoms with Crippen LogP contribution in [0.15, 0.2) is 35.1 Å². The molecule has 2 heterocycles. The molecule has 0 aliphatic heterocycles. The van der Waals surface area contributed by atoms with Crippen LogP contribution in [0.25, 0.3) is 10.9 Å². The fourth-order valence-corrected chi connectivity index (χ4v) is 6.71. The third-order valence-electron chi connectivity index (χ3n) is 5.93. The van der Waals surface area contributed by atoms with Crippen LogP contribution < -0.4 is 15.8 Å². The summed E-state index contributed by atoms with van der Waals surface area (Å²) in [6.07, 6.45) is 1.26. The number of unbranched alkanes of at least 4 members (excludes halogenated alkanes) is 1. The summed E-state index contributed by atoms with van der Waals surface area (Å²) in [4.78, 5) is 46.2. The highest BCUT2D eigenvalue weighted by molar-refractivity contribution is 7.53. The number of H-pyrrole nitrogens is 1. The SMILES string of the molecule is CCOP(=O)(CCCC[C@H](NC(=O)c1ccc(N(C)Cc2ccc3nc(C)[nH]c(=O)c3c2)s1)C(=O)O)OCC. The number of nitrogens with zero attached hydrogens (tertiary/aromatic N) is 2. The van der Waals surface area contributed by atoms with E-state index in [0.717, 1.165) is 10.6 Å². The summed E-state index contributed by atoms with van der Waals surface area (Å²) in [6, 6.07) is 7.90. The predicted molar refractivity (Wildman–Crippen MR) is 152 cm³/mol. The third kappa shape index (κ3) is 8.47. The molecule has 3 rings (SSSR count). The second kappa shape index (κ2) is 13.8. The van der Waals surface area contributed by atoms with E-state index in [-0.39, 0.29) is 31.4 Å². The maximum Gasteiger partial charge on any atom is 0.330 e. The van der Waals surface area contributed by atoms with Crippen molar-refractivity contribution in [2.24, 2.45) is 0 Å². The predicted octanol–water partition coefficient (Wildman–Crippen LogP) is 4.55. The normalized spacial score (nSPS) is 12.4. The Balaban J connectivity index is 1.58. The average Bonchev–Trinajstić information content (AvgIpc) is 3.37. The highest BCUT2D eigenvalue weighted by Gasteiger charge is 2.25. The van der Waals surface area contributed by atoms with E-state index >= 15 is 0 Å². The highest BCUT2D eigenvalue weighted by atomic mass is 32.1. The molecule has 13 heteroatoms. The van der Waals surface area contributed by atoms with Crippen molar-refractivity contribution in [3.8, 4) is 0 Å². The van der Waals surface area contributed by atoms with E-state index in [1.54, 1.807) is 39.0 Å². The largest absolute Gasteiger partial charge is 0.480 e. The first-order valence-corrected chi connectivity index (χ1v) is 15.3. The second-order valence-corrected chi connectivity index (χ2v) is 12.3. The minimum absolute atomic E-state index is 0.187. The van der Waals surface area contributed by atoms with Crippen LogP contribution in [0.3, 0.4) is 0 Å². The molecular weight excluding hydrogens is 543 g/mol. The Kier molecular flexibility index (Phi) is 10.8. The number of carboxylic acids is 1. The van der Waals surface area contributed by atoms with Crippen molar-refractivity contribution in [3.05, 3.63) is 57.0 Å². The lowest BCUT2D eigenvalue weighted by molar-refractivity contribution is -0.139. The van der Waals surface area contributed by atoms with Gasteiger partial charge in [-0.25, -0.2) is 9.78 Å². The van der Waals surface area contributed by atoms with Gasteiger partial charge in [-0.05, 0) is 63.4 Å². The maximum absolute atomic E-state index is 12.8. The summed E-state index contributed by atoms with van der Waals surface area (Å²) < 4.78 is 23.1. The van der Waals surface area contributed by atoms with Gasteiger partial charge in [0.1, 0.15) is 11.9 Å². The van der Waals surface area contributed by atoms with Crippen molar-refractivity contribution in [3.63, 3.8) is 0 Å². The zero-order valence-corrected chi connectivity index (χ0v) is 24.3. The lowest BCUT2D eigenvalue weighted by Crippen LogP contribution is -2.40. The number of rotatable bonds is 15. The first kappa shape index (κ1) is 30.5. The van der Waals surface area contributed by atoms with Gasteiger partial charge in [0.05, 0.1) is 40.2 Å². The summed E-state index contributed by atoms with van der Waals surface area (Å²) in [5, 5.41) is 13.5. The molecule has 1 atom stereocenters. The fraction of sp³-hybridized carbons (Fsp3) is 0.462. The van der Waals surface area contributed by atoms with Crippen LogP contribution in [-0.2, 0) is 25.0 Å². The maximum atomic E-state index is 12.8.